The van der Waals surface area contributed by atoms with E-state index in [0.717, 1.165) is 22.6 Å². The Kier molecular flexibility index (Phi) is 5.34. The van der Waals surface area contributed by atoms with E-state index in [0.29, 0.717) is 40.9 Å². The third-order valence-corrected chi connectivity index (χ3v) is 8.19. The summed E-state index contributed by atoms with van der Waals surface area (Å²) in [4.78, 5) is 43.5. The number of carbonyl (C=O) groups excluding carboxylic acids is 2. The summed E-state index contributed by atoms with van der Waals surface area (Å²) in [7, 11) is 0. The molecule has 1 amide bonds. The lowest BCUT2D eigenvalue weighted by Crippen LogP contribution is -2.44. The van der Waals surface area contributed by atoms with Gasteiger partial charge in [0.25, 0.3) is 11.5 Å². The summed E-state index contributed by atoms with van der Waals surface area (Å²) in [5.74, 6) is -1.83. The van der Waals surface area contributed by atoms with Crippen LogP contribution in [0.5, 0.6) is 0 Å². The molecule has 3 aromatic rings. The largest absolute Gasteiger partial charge is 0.458 e. The molecule has 1 unspecified atom stereocenters. The first kappa shape index (κ1) is 24.4. The summed E-state index contributed by atoms with van der Waals surface area (Å²) < 4.78 is 21.6. The number of carbonyl (C=O) groups is 2. The highest BCUT2D eigenvalue weighted by atomic mass is 19.1. The van der Waals surface area contributed by atoms with Crippen molar-refractivity contribution in [1.29, 1.82) is 0 Å². The Morgan fingerprint density at radius 1 is 1.37 bits per heavy atom. The number of halogens is 1. The van der Waals surface area contributed by atoms with Crippen molar-refractivity contribution in [3.05, 3.63) is 74.3 Å². The molecule has 1 aromatic carbocycles. The van der Waals surface area contributed by atoms with E-state index in [1.165, 1.54) is 10.6 Å². The second kappa shape index (κ2) is 8.31. The number of aliphatic hydroxyl groups is 2. The Labute approximate surface area is 216 Å². The second-order valence-electron chi connectivity index (χ2n) is 10.1. The topological polar surface area (TPSA) is 131 Å². The maximum absolute atomic E-state index is 14.9. The van der Waals surface area contributed by atoms with Crippen LogP contribution >= 0.6 is 0 Å². The molecule has 38 heavy (non-hydrogen) atoms. The van der Waals surface area contributed by atoms with Crippen LogP contribution in [0.25, 0.3) is 22.3 Å². The standard InChI is InChI=1S/C28H26FN3O6/c1-4-21(33)25(34)31-18-7-6-13-12(3)17(29)9-19-22(13)23(18)14-10-32-20(24(14)30-19)8-16-15(26(32)35)11-38-27(36)28(16,37)5-2/h4,8-9,18,21,33,37H,1,5-7,10-11H2,2-3H3,(H,31,34)/t18-,21?,28-/m0/s1. The van der Waals surface area contributed by atoms with Gasteiger partial charge in [0.05, 0.1) is 35.1 Å². The normalized spacial score (nSPS) is 21.8. The number of esters is 1. The SMILES string of the molecule is C=CC(O)C(=O)N[C@H]1CCc2c(C)c(F)cc3nc4c(c1c23)Cn1c-4cc2c(c1=O)COC(=O)[C@]2(O)CC. The molecule has 3 atom stereocenters. The fourth-order valence-corrected chi connectivity index (χ4v) is 6.06. The molecule has 6 rings (SSSR count). The van der Waals surface area contributed by atoms with Crippen LogP contribution in [0.15, 0.2) is 29.6 Å². The van der Waals surface area contributed by atoms with Gasteiger partial charge in [-0.05, 0) is 48.9 Å². The number of nitrogens with one attached hydrogen (secondary N) is 1. The molecular weight excluding hydrogens is 493 g/mol. The van der Waals surface area contributed by atoms with Gasteiger partial charge in [0.1, 0.15) is 12.4 Å². The highest BCUT2D eigenvalue weighted by Crippen LogP contribution is 2.45. The molecule has 0 fully saturated rings. The van der Waals surface area contributed by atoms with Crippen molar-refractivity contribution in [2.75, 3.05) is 0 Å². The molecule has 2 aromatic heterocycles. The predicted octanol–water partition coefficient (Wildman–Crippen LogP) is 2.18. The number of cyclic esters (lactones) is 1. The van der Waals surface area contributed by atoms with Gasteiger partial charge in [-0.2, -0.15) is 0 Å². The van der Waals surface area contributed by atoms with E-state index in [1.807, 2.05) is 0 Å². The van der Waals surface area contributed by atoms with Gasteiger partial charge in [-0.3, -0.25) is 9.59 Å². The van der Waals surface area contributed by atoms with Gasteiger partial charge in [-0.15, -0.1) is 0 Å². The summed E-state index contributed by atoms with van der Waals surface area (Å²) in [6.45, 7) is 6.69. The molecule has 10 heteroatoms. The van der Waals surface area contributed by atoms with Crippen LogP contribution in [0.2, 0.25) is 0 Å². The number of aliphatic hydroxyl groups excluding tert-OH is 1. The minimum Gasteiger partial charge on any atom is -0.458 e. The summed E-state index contributed by atoms with van der Waals surface area (Å²) in [6.07, 6.45) is 0.701. The first-order valence-electron chi connectivity index (χ1n) is 12.5. The molecule has 0 saturated carbocycles. The molecule has 196 valence electrons. The van der Waals surface area contributed by atoms with Crippen molar-refractivity contribution in [2.24, 2.45) is 0 Å². The highest BCUT2D eigenvalue weighted by molar-refractivity contribution is 5.94. The van der Waals surface area contributed by atoms with E-state index in [9.17, 15) is 29.0 Å². The Bertz CT molecular complexity index is 1660. The van der Waals surface area contributed by atoms with Crippen molar-refractivity contribution in [2.45, 2.75) is 64.0 Å². The van der Waals surface area contributed by atoms with Crippen LogP contribution in [0, 0.1) is 12.7 Å². The molecule has 0 saturated heterocycles. The number of hydrogen-bond donors (Lipinski definition) is 3. The van der Waals surface area contributed by atoms with Crippen LogP contribution in [-0.4, -0.2) is 37.7 Å². The van der Waals surface area contributed by atoms with Gasteiger partial charge in [0.2, 0.25) is 0 Å². The lowest BCUT2D eigenvalue weighted by Gasteiger charge is -2.31. The zero-order valence-electron chi connectivity index (χ0n) is 20.9. The smallest absolute Gasteiger partial charge is 0.343 e. The monoisotopic (exact) mass is 519 g/mol. The van der Waals surface area contributed by atoms with Crippen molar-refractivity contribution in [1.82, 2.24) is 14.9 Å². The third kappa shape index (κ3) is 3.16. The van der Waals surface area contributed by atoms with Crippen LogP contribution < -0.4 is 10.9 Å². The van der Waals surface area contributed by atoms with Crippen LogP contribution in [0.4, 0.5) is 4.39 Å². The second-order valence-corrected chi connectivity index (χ2v) is 10.1. The summed E-state index contributed by atoms with van der Waals surface area (Å²) in [5.41, 5.74) is 1.91. The van der Waals surface area contributed by atoms with Crippen LogP contribution in [0.1, 0.15) is 59.2 Å². The number of fused-ring (bicyclic) bond motifs is 5. The van der Waals surface area contributed by atoms with Crippen LogP contribution in [-0.2, 0) is 39.5 Å². The number of pyridine rings is 2. The molecular formula is C28H26FN3O6. The first-order chi connectivity index (χ1) is 18.1. The maximum Gasteiger partial charge on any atom is 0.343 e. The summed E-state index contributed by atoms with van der Waals surface area (Å²) >= 11 is 0. The molecule has 0 radical (unpaired) electrons. The summed E-state index contributed by atoms with van der Waals surface area (Å²) in [6, 6.07) is 2.42. The molecule has 9 nitrogen and oxygen atoms in total. The van der Waals surface area contributed by atoms with Gasteiger partial charge in [0, 0.05) is 22.6 Å². The van der Waals surface area contributed by atoms with Crippen molar-refractivity contribution >= 4 is 22.8 Å². The van der Waals surface area contributed by atoms with Gasteiger partial charge in [-0.25, -0.2) is 14.2 Å². The van der Waals surface area contributed by atoms with Gasteiger partial charge in [0.15, 0.2) is 11.7 Å². The number of nitrogens with zero attached hydrogens (tertiary/aromatic N) is 2. The summed E-state index contributed by atoms with van der Waals surface area (Å²) in [5, 5.41) is 24.8. The number of aryl methyl sites for hydroxylation is 1. The van der Waals surface area contributed by atoms with E-state index in [2.05, 4.69) is 11.9 Å². The van der Waals surface area contributed by atoms with E-state index >= 15 is 0 Å². The zero-order chi connectivity index (χ0) is 27.1. The number of ether oxygens (including phenoxy) is 1. The Balaban J connectivity index is 1.63. The number of benzene rings is 1. The fraction of sp³-hybridized carbons (Fsp3) is 0.357. The average molecular weight is 520 g/mol. The maximum atomic E-state index is 14.9. The van der Waals surface area contributed by atoms with Crippen molar-refractivity contribution in [3.8, 4) is 11.4 Å². The lowest BCUT2D eigenvalue weighted by atomic mass is 9.81. The zero-order valence-corrected chi connectivity index (χ0v) is 20.9. The Hall–Kier alpha value is -3.89. The fourth-order valence-electron chi connectivity index (χ4n) is 6.06. The molecule has 1 aliphatic carbocycles. The molecule has 0 spiro atoms. The first-order valence-corrected chi connectivity index (χ1v) is 12.5. The quantitative estimate of drug-likeness (QED) is 0.278. The van der Waals surface area contributed by atoms with E-state index in [4.69, 9.17) is 9.72 Å². The third-order valence-electron chi connectivity index (χ3n) is 8.19. The van der Waals surface area contributed by atoms with Gasteiger partial charge < -0.3 is 24.8 Å². The predicted molar refractivity (Wildman–Crippen MR) is 135 cm³/mol. The van der Waals surface area contributed by atoms with Crippen LogP contribution in [0.3, 0.4) is 0 Å². The number of amides is 1. The highest BCUT2D eigenvalue weighted by Gasteiger charge is 2.46. The van der Waals surface area contributed by atoms with Gasteiger partial charge in [-0.1, -0.05) is 19.6 Å². The molecule has 2 aliphatic heterocycles. The van der Waals surface area contributed by atoms with Gasteiger partial charge >= 0.3 is 5.97 Å². The molecule has 4 heterocycles. The number of aromatic nitrogens is 2. The number of rotatable bonds is 4. The lowest BCUT2D eigenvalue weighted by molar-refractivity contribution is -0.172. The van der Waals surface area contributed by atoms with E-state index < -0.39 is 41.0 Å². The minimum absolute atomic E-state index is 0.0125. The van der Waals surface area contributed by atoms with E-state index in [-0.39, 0.29) is 30.7 Å². The molecule has 3 N–H and O–H groups in total. The molecule has 3 aliphatic rings. The Morgan fingerprint density at radius 2 is 2.13 bits per heavy atom. The number of hydrogen-bond acceptors (Lipinski definition) is 7. The average Bonchev–Trinajstić information content (AvgIpc) is 3.28. The van der Waals surface area contributed by atoms with Crippen molar-refractivity contribution in [3.63, 3.8) is 0 Å². The van der Waals surface area contributed by atoms with Crippen molar-refractivity contribution < 1.29 is 28.9 Å². The minimum atomic E-state index is -1.97. The van der Waals surface area contributed by atoms with E-state index in [1.54, 1.807) is 19.9 Å². The molecule has 0 bridgehead atoms. The Morgan fingerprint density at radius 3 is 2.84 bits per heavy atom.